The molecular weight excluding hydrogens is 305 g/mol. The summed E-state index contributed by atoms with van der Waals surface area (Å²) >= 11 is 11.6. The van der Waals surface area contributed by atoms with Gasteiger partial charge in [-0.15, -0.1) is 0 Å². The molecule has 6 nitrogen and oxygen atoms in total. The maximum absolute atomic E-state index is 11.8. The maximum atomic E-state index is 11.8. The van der Waals surface area contributed by atoms with E-state index in [4.69, 9.17) is 23.2 Å². The van der Waals surface area contributed by atoms with Crippen LogP contribution < -0.4 is 5.32 Å². The van der Waals surface area contributed by atoms with E-state index in [0.717, 1.165) is 0 Å². The zero-order valence-electron chi connectivity index (χ0n) is 11.2. The first-order valence-corrected chi connectivity index (χ1v) is 6.54. The number of anilines is 1. The molecule has 1 amide bonds. The Labute approximate surface area is 127 Å². The van der Waals surface area contributed by atoms with Crippen LogP contribution in [0.25, 0.3) is 0 Å². The first-order valence-electron chi connectivity index (χ1n) is 5.78. The minimum absolute atomic E-state index is 0.109. The van der Waals surface area contributed by atoms with Crippen LogP contribution in [0.3, 0.4) is 0 Å². The lowest BCUT2D eigenvalue weighted by Crippen LogP contribution is -2.32. The number of nitrogens with one attached hydrogen (secondary N) is 1. The Morgan fingerprint density at radius 3 is 2.75 bits per heavy atom. The van der Waals surface area contributed by atoms with Gasteiger partial charge in [0.25, 0.3) is 0 Å². The fourth-order valence-electron chi connectivity index (χ4n) is 1.39. The Kier molecular flexibility index (Phi) is 6.70. The van der Waals surface area contributed by atoms with E-state index in [0.29, 0.717) is 11.6 Å². The van der Waals surface area contributed by atoms with Crippen molar-refractivity contribution >= 4 is 40.9 Å². The van der Waals surface area contributed by atoms with E-state index in [1.807, 2.05) is 0 Å². The molecule has 0 aliphatic heterocycles. The summed E-state index contributed by atoms with van der Waals surface area (Å²) in [4.78, 5) is 28.4. The average Bonchev–Trinajstić information content (AvgIpc) is 2.39. The van der Waals surface area contributed by atoms with Gasteiger partial charge >= 0.3 is 5.97 Å². The SMILES string of the molecule is COC(=O)CCN(C)CC(=O)Nc1ncc(Cl)cc1Cl. The monoisotopic (exact) mass is 319 g/mol. The van der Waals surface area contributed by atoms with E-state index in [9.17, 15) is 9.59 Å². The van der Waals surface area contributed by atoms with E-state index < -0.39 is 0 Å². The van der Waals surface area contributed by atoms with Crippen LogP contribution in [0.2, 0.25) is 10.0 Å². The molecule has 1 rings (SSSR count). The fraction of sp³-hybridized carbons (Fsp3) is 0.417. The van der Waals surface area contributed by atoms with Crippen LogP contribution >= 0.6 is 23.2 Å². The molecule has 20 heavy (non-hydrogen) atoms. The van der Waals surface area contributed by atoms with Gasteiger partial charge in [-0.1, -0.05) is 23.2 Å². The zero-order chi connectivity index (χ0) is 15.1. The Balaban J connectivity index is 2.45. The van der Waals surface area contributed by atoms with Crippen LogP contribution in [0.15, 0.2) is 12.3 Å². The molecule has 0 unspecified atom stereocenters. The Bertz CT molecular complexity index is 497. The second-order valence-corrected chi connectivity index (χ2v) is 4.94. The Morgan fingerprint density at radius 2 is 2.15 bits per heavy atom. The molecule has 1 N–H and O–H groups in total. The van der Waals surface area contributed by atoms with Crippen molar-refractivity contribution in [3.63, 3.8) is 0 Å². The lowest BCUT2D eigenvalue weighted by Gasteiger charge is -2.15. The fourth-order valence-corrected chi connectivity index (χ4v) is 1.81. The van der Waals surface area contributed by atoms with Crippen LogP contribution in [0.5, 0.6) is 0 Å². The molecule has 0 aromatic carbocycles. The van der Waals surface area contributed by atoms with E-state index in [2.05, 4.69) is 15.0 Å². The van der Waals surface area contributed by atoms with Gasteiger partial charge in [-0.2, -0.15) is 0 Å². The third-order valence-electron chi connectivity index (χ3n) is 2.40. The second kappa shape index (κ2) is 8.04. The van der Waals surface area contributed by atoms with Gasteiger partial charge in [0.2, 0.25) is 5.91 Å². The highest BCUT2D eigenvalue weighted by Crippen LogP contribution is 2.22. The highest BCUT2D eigenvalue weighted by atomic mass is 35.5. The molecule has 8 heteroatoms. The second-order valence-electron chi connectivity index (χ2n) is 4.10. The van der Waals surface area contributed by atoms with Gasteiger partial charge in [0.1, 0.15) is 0 Å². The van der Waals surface area contributed by atoms with Crippen LogP contribution in [0.1, 0.15) is 6.42 Å². The number of nitrogens with zero attached hydrogens (tertiary/aromatic N) is 2. The number of pyridine rings is 1. The summed E-state index contributed by atoms with van der Waals surface area (Å²) < 4.78 is 4.52. The van der Waals surface area contributed by atoms with Crippen molar-refractivity contribution < 1.29 is 14.3 Å². The standard InChI is InChI=1S/C12H15Cl2N3O3/c1-17(4-3-11(19)20-2)7-10(18)16-12-9(14)5-8(13)6-15-12/h5-6H,3-4,7H2,1-2H3,(H,15,16,18). The first kappa shape index (κ1) is 16.7. The molecule has 1 heterocycles. The molecule has 0 bridgehead atoms. The van der Waals surface area contributed by atoms with Gasteiger partial charge < -0.3 is 10.1 Å². The minimum Gasteiger partial charge on any atom is -0.469 e. The molecule has 0 atom stereocenters. The number of carbonyl (C=O) groups excluding carboxylic acids is 2. The van der Waals surface area contributed by atoms with Crippen molar-refractivity contribution in [1.29, 1.82) is 0 Å². The number of amides is 1. The van der Waals surface area contributed by atoms with Crippen molar-refractivity contribution in [2.75, 3.05) is 32.6 Å². The predicted octanol–water partition coefficient (Wildman–Crippen LogP) is 1.82. The van der Waals surface area contributed by atoms with E-state index in [1.54, 1.807) is 11.9 Å². The molecule has 110 valence electrons. The van der Waals surface area contributed by atoms with Gasteiger partial charge in [-0.05, 0) is 13.1 Å². The van der Waals surface area contributed by atoms with Gasteiger partial charge in [0, 0.05) is 12.7 Å². The number of rotatable bonds is 6. The lowest BCUT2D eigenvalue weighted by atomic mass is 10.4. The number of ether oxygens (including phenoxy) is 1. The smallest absolute Gasteiger partial charge is 0.306 e. The summed E-state index contributed by atoms with van der Waals surface area (Å²) in [5.41, 5.74) is 0. The normalized spacial score (nSPS) is 10.4. The molecule has 1 aromatic heterocycles. The molecule has 0 fully saturated rings. The molecule has 0 saturated heterocycles. The third kappa shape index (κ3) is 5.73. The number of likely N-dealkylation sites (N-methyl/N-ethyl adjacent to an activating group) is 1. The minimum atomic E-state index is -0.320. The topological polar surface area (TPSA) is 71.5 Å². The molecule has 0 aliphatic rings. The quantitative estimate of drug-likeness (QED) is 0.810. The van der Waals surface area contributed by atoms with Crippen molar-refractivity contribution in [2.24, 2.45) is 0 Å². The van der Waals surface area contributed by atoms with Crippen molar-refractivity contribution in [3.05, 3.63) is 22.3 Å². The maximum Gasteiger partial charge on any atom is 0.306 e. The Morgan fingerprint density at radius 1 is 1.45 bits per heavy atom. The van der Waals surface area contributed by atoms with Crippen LogP contribution in [-0.4, -0.2) is 49.0 Å². The number of hydrogen-bond acceptors (Lipinski definition) is 5. The van der Waals surface area contributed by atoms with Gasteiger partial charge in [0.05, 0.1) is 30.1 Å². The van der Waals surface area contributed by atoms with Crippen molar-refractivity contribution in [3.8, 4) is 0 Å². The van der Waals surface area contributed by atoms with Crippen LogP contribution in [0.4, 0.5) is 5.82 Å². The zero-order valence-corrected chi connectivity index (χ0v) is 12.7. The molecule has 1 aromatic rings. The molecule has 0 saturated carbocycles. The first-order chi connectivity index (χ1) is 9.42. The number of halogens is 2. The van der Waals surface area contributed by atoms with E-state index in [-0.39, 0.29) is 35.7 Å². The Hall–Kier alpha value is -1.37. The summed E-state index contributed by atoms with van der Waals surface area (Å²) in [6, 6.07) is 1.49. The van der Waals surface area contributed by atoms with Crippen LogP contribution in [-0.2, 0) is 14.3 Å². The summed E-state index contributed by atoms with van der Waals surface area (Å²) in [7, 11) is 3.04. The number of hydrogen-bond donors (Lipinski definition) is 1. The van der Waals surface area contributed by atoms with Crippen molar-refractivity contribution in [1.82, 2.24) is 9.88 Å². The third-order valence-corrected chi connectivity index (χ3v) is 2.90. The van der Waals surface area contributed by atoms with Gasteiger partial charge in [-0.25, -0.2) is 4.98 Å². The van der Waals surface area contributed by atoms with Crippen molar-refractivity contribution in [2.45, 2.75) is 6.42 Å². The highest BCUT2D eigenvalue weighted by molar-refractivity contribution is 6.36. The number of methoxy groups -OCH3 is 1. The molecule has 0 aliphatic carbocycles. The molecular formula is C12H15Cl2N3O3. The predicted molar refractivity (Wildman–Crippen MR) is 77.0 cm³/mol. The highest BCUT2D eigenvalue weighted by Gasteiger charge is 2.11. The number of carbonyl (C=O) groups is 2. The van der Waals surface area contributed by atoms with Gasteiger partial charge in [-0.3, -0.25) is 14.5 Å². The largest absolute Gasteiger partial charge is 0.469 e. The average molecular weight is 320 g/mol. The number of esters is 1. The van der Waals surface area contributed by atoms with Gasteiger partial charge in [0.15, 0.2) is 5.82 Å². The molecule has 0 spiro atoms. The lowest BCUT2D eigenvalue weighted by molar-refractivity contribution is -0.141. The summed E-state index contributed by atoms with van der Waals surface area (Å²) in [5, 5.41) is 3.23. The van der Waals surface area contributed by atoms with E-state index in [1.165, 1.54) is 19.4 Å². The van der Waals surface area contributed by atoms with E-state index >= 15 is 0 Å². The summed E-state index contributed by atoms with van der Waals surface area (Å²) in [6.45, 7) is 0.527. The summed E-state index contributed by atoms with van der Waals surface area (Å²) in [6.07, 6.45) is 1.62. The molecule has 0 radical (unpaired) electrons. The van der Waals surface area contributed by atoms with Crippen LogP contribution in [0, 0.1) is 0 Å². The summed E-state index contributed by atoms with van der Waals surface area (Å²) in [5.74, 6) is -0.351. The number of aromatic nitrogens is 1.